The average Bonchev–Trinajstić information content (AvgIpc) is 2.65. The lowest BCUT2D eigenvalue weighted by molar-refractivity contribution is -0.0780. The molecule has 4 atom stereocenters. The number of aliphatic hydroxyl groups is 2. The first-order valence-electron chi connectivity index (χ1n) is 12.1. The Bertz CT molecular complexity index is 339. The van der Waals surface area contributed by atoms with Crippen molar-refractivity contribution in [3.8, 4) is 0 Å². The second-order valence-electron chi connectivity index (χ2n) is 9.71. The van der Waals surface area contributed by atoms with Gasteiger partial charge in [0, 0.05) is 13.2 Å². The second kappa shape index (κ2) is 13.2. The molecule has 0 aromatic carbocycles. The molecule has 0 spiro atoms. The minimum atomic E-state index is 0.331. The summed E-state index contributed by atoms with van der Waals surface area (Å²) in [6.45, 7) is 16.0. The summed E-state index contributed by atoms with van der Waals surface area (Å²) in [6, 6.07) is 0. The first-order chi connectivity index (χ1) is 12.9. The lowest BCUT2D eigenvalue weighted by Gasteiger charge is -2.58. The maximum atomic E-state index is 9.40. The number of fused-ring (bicyclic) bond motifs is 2. The molecule has 0 amide bonds. The number of unbranched alkanes of at least 4 members (excludes halogenated alkanes) is 1. The van der Waals surface area contributed by atoms with Crippen LogP contribution in [0.4, 0.5) is 0 Å². The van der Waals surface area contributed by atoms with Gasteiger partial charge in [0.15, 0.2) is 0 Å². The Hall–Kier alpha value is -0.0800. The molecule has 164 valence electrons. The summed E-state index contributed by atoms with van der Waals surface area (Å²) >= 11 is 0. The van der Waals surface area contributed by atoms with Gasteiger partial charge in [-0.3, -0.25) is 0 Å². The average molecular weight is 385 g/mol. The van der Waals surface area contributed by atoms with E-state index in [4.69, 9.17) is 0 Å². The van der Waals surface area contributed by atoms with Gasteiger partial charge >= 0.3 is 0 Å². The molecule has 2 saturated carbocycles. The van der Waals surface area contributed by atoms with E-state index in [1.165, 1.54) is 64.2 Å². The van der Waals surface area contributed by atoms with Crippen LogP contribution in [0, 0.1) is 22.2 Å². The van der Waals surface area contributed by atoms with Crippen LogP contribution in [0.25, 0.3) is 0 Å². The highest BCUT2D eigenvalue weighted by molar-refractivity contribution is 5.03. The highest BCUT2D eigenvalue weighted by Crippen LogP contribution is 2.63. The highest BCUT2D eigenvalue weighted by Gasteiger charge is 2.52. The Labute approximate surface area is 171 Å². The Kier molecular flexibility index (Phi) is 13.2. The van der Waals surface area contributed by atoms with E-state index < -0.39 is 0 Å². The van der Waals surface area contributed by atoms with Crippen LogP contribution in [0.5, 0.6) is 0 Å². The molecule has 2 rings (SSSR count). The van der Waals surface area contributed by atoms with Gasteiger partial charge in [-0.25, -0.2) is 0 Å². The molecule has 0 aromatic rings. The summed E-state index contributed by atoms with van der Waals surface area (Å²) in [7, 11) is 0. The third-order valence-corrected chi connectivity index (χ3v) is 6.83. The fourth-order valence-electron chi connectivity index (χ4n) is 6.61. The minimum absolute atomic E-state index is 0.331. The third-order valence-electron chi connectivity index (χ3n) is 6.83. The predicted octanol–water partition coefficient (Wildman–Crippen LogP) is 7.37. The number of aliphatic hydroxyl groups excluding tert-OH is 2. The zero-order valence-electron chi connectivity index (χ0n) is 19.9. The lowest BCUT2D eigenvalue weighted by Crippen LogP contribution is -2.47. The molecule has 2 aliphatic carbocycles. The third kappa shape index (κ3) is 8.44. The molecule has 2 N–H and O–H groups in total. The van der Waals surface area contributed by atoms with Crippen LogP contribution >= 0.6 is 0 Å². The van der Waals surface area contributed by atoms with Gasteiger partial charge in [-0.05, 0) is 86.4 Å². The molecule has 2 bridgehead atoms. The van der Waals surface area contributed by atoms with E-state index in [9.17, 15) is 10.2 Å². The van der Waals surface area contributed by atoms with Crippen LogP contribution in [0.2, 0.25) is 0 Å². The van der Waals surface area contributed by atoms with Crippen LogP contribution < -0.4 is 0 Å². The molecule has 2 heteroatoms. The minimum Gasteiger partial charge on any atom is -0.396 e. The van der Waals surface area contributed by atoms with Gasteiger partial charge in [0.1, 0.15) is 0 Å². The Morgan fingerprint density at radius 3 is 1.59 bits per heavy atom. The smallest absolute Gasteiger partial charge is 0.0431 e. The maximum Gasteiger partial charge on any atom is 0.0431 e. The van der Waals surface area contributed by atoms with Crippen LogP contribution in [0.3, 0.4) is 0 Å². The van der Waals surface area contributed by atoms with Crippen molar-refractivity contribution in [2.45, 2.75) is 126 Å². The van der Waals surface area contributed by atoms with E-state index in [0.29, 0.717) is 29.5 Å². The lowest BCUT2D eigenvalue weighted by atomic mass is 9.47. The van der Waals surface area contributed by atoms with Crippen LogP contribution in [-0.4, -0.2) is 23.4 Å². The first kappa shape index (κ1) is 26.9. The fraction of sp³-hybridized carbons (Fsp3) is 1.00. The summed E-state index contributed by atoms with van der Waals surface area (Å²) in [5, 5.41) is 18.7. The topological polar surface area (TPSA) is 40.5 Å². The molecule has 0 aromatic heterocycles. The van der Waals surface area contributed by atoms with Crippen LogP contribution in [-0.2, 0) is 0 Å². The maximum absolute atomic E-state index is 9.40. The van der Waals surface area contributed by atoms with Crippen molar-refractivity contribution in [3.05, 3.63) is 0 Å². The van der Waals surface area contributed by atoms with Gasteiger partial charge in [0.05, 0.1) is 0 Å². The molecule has 2 aliphatic rings. The molecule has 27 heavy (non-hydrogen) atoms. The summed E-state index contributed by atoms with van der Waals surface area (Å²) in [6.07, 6.45) is 15.2. The second-order valence-corrected chi connectivity index (χ2v) is 9.71. The zero-order valence-corrected chi connectivity index (χ0v) is 19.9. The van der Waals surface area contributed by atoms with Crippen molar-refractivity contribution >= 4 is 0 Å². The van der Waals surface area contributed by atoms with E-state index >= 15 is 0 Å². The first-order valence-corrected chi connectivity index (χ1v) is 12.1. The quantitative estimate of drug-likeness (QED) is 0.435. The van der Waals surface area contributed by atoms with Crippen molar-refractivity contribution in [2.75, 3.05) is 13.2 Å². The number of hydrogen-bond acceptors (Lipinski definition) is 2. The summed E-state index contributed by atoms with van der Waals surface area (Å²) in [5.74, 6) is 0.863. The van der Waals surface area contributed by atoms with E-state index in [2.05, 4.69) is 20.8 Å². The fourth-order valence-corrected chi connectivity index (χ4v) is 6.61. The molecule has 4 unspecified atom stereocenters. The van der Waals surface area contributed by atoms with Gasteiger partial charge in [-0.2, -0.15) is 0 Å². The molecule has 0 saturated heterocycles. The molecule has 0 aliphatic heterocycles. The molecular weight excluding hydrogens is 332 g/mol. The van der Waals surface area contributed by atoms with Gasteiger partial charge < -0.3 is 10.2 Å². The van der Waals surface area contributed by atoms with Gasteiger partial charge in [-0.15, -0.1) is 0 Å². The van der Waals surface area contributed by atoms with Crippen molar-refractivity contribution < 1.29 is 10.2 Å². The molecular formula is C25H52O2. The van der Waals surface area contributed by atoms with Gasteiger partial charge in [0.2, 0.25) is 0 Å². The largest absolute Gasteiger partial charge is 0.396 e. The van der Waals surface area contributed by atoms with Crippen molar-refractivity contribution in [1.82, 2.24) is 0 Å². The Balaban J connectivity index is 0.00000158. The SMILES string of the molecule is CC.CC.CCCCC1(C)CC2CC(C)(CCCO)CC(CCCO)(C2)C1. The normalized spacial score (nSPS) is 34.8. The monoisotopic (exact) mass is 384 g/mol. The Morgan fingerprint density at radius 2 is 1.15 bits per heavy atom. The summed E-state index contributed by atoms with van der Waals surface area (Å²) in [4.78, 5) is 0. The Morgan fingerprint density at radius 1 is 0.704 bits per heavy atom. The van der Waals surface area contributed by atoms with Crippen molar-refractivity contribution in [1.29, 1.82) is 0 Å². The molecule has 2 nitrogen and oxygen atoms in total. The van der Waals surface area contributed by atoms with E-state index in [1.807, 2.05) is 27.7 Å². The van der Waals surface area contributed by atoms with Gasteiger partial charge in [-0.1, -0.05) is 61.3 Å². The zero-order chi connectivity index (χ0) is 21.0. The molecule has 0 radical (unpaired) electrons. The standard InChI is InChI=1S/C21H40O2.2C2H6/c1-4-5-8-19(2)13-18-14-20(3,9-6-11-22)17-21(15-18,16-19)10-7-12-23;2*1-2/h18,22-23H,4-17H2,1-3H3;2*1-2H3. The summed E-state index contributed by atoms with van der Waals surface area (Å²) < 4.78 is 0. The molecule has 2 fully saturated rings. The summed E-state index contributed by atoms with van der Waals surface area (Å²) in [5.41, 5.74) is 1.39. The highest BCUT2D eigenvalue weighted by atomic mass is 16.3. The number of hydrogen-bond donors (Lipinski definition) is 2. The van der Waals surface area contributed by atoms with Crippen molar-refractivity contribution in [2.24, 2.45) is 22.2 Å². The van der Waals surface area contributed by atoms with Crippen LogP contribution in [0.15, 0.2) is 0 Å². The van der Waals surface area contributed by atoms with Crippen LogP contribution in [0.1, 0.15) is 126 Å². The number of rotatable bonds is 9. The van der Waals surface area contributed by atoms with E-state index in [-0.39, 0.29) is 0 Å². The predicted molar refractivity (Wildman–Crippen MR) is 120 cm³/mol. The van der Waals surface area contributed by atoms with E-state index in [0.717, 1.165) is 18.8 Å². The van der Waals surface area contributed by atoms with Gasteiger partial charge in [0.25, 0.3) is 0 Å². The van der Waals surface area contributed by atoms with Crippen molar-refractivity contribution in [3.63, 3.8) is 0 Å². The molecule has 0 heterocycles. The van der Waals surface area contributed by atoms with E-state index in [1.54, 1.807) is 0 Å².